The molecule has 6 nitrogen and oxygen atoms in total. The van der Waals surface area contributed by atoms with E-state index in [-0.39, 0.29) is 40.9 Å². The van der Waals surface area contributed by atoms with Crippen molar-refractivity contribution in [1.29, 1.82) is 0 Å². The summed E-state index contributed by atoms with van der Waals surface area (Å²) in [4.78, 5) is 11.3. The lowest BCUT2D eigenvalue weighted by atomic mass is 10.1. The number of benzene rings is 1. The number of methoxy groups -OCH3 is 1. The van der Waals surface area contributed by atoms with E-state index in [1.807, 2.05) is 0 Å². The van der Waals surface area contributed by atoms with Gasteiger partial charge in [0.25, 0.3) is 5.88 Å². The normalized spacial score (nSPS) is 14.1. The molecule has 0 bridgehead atoms. The van der Waals surface area contributed by atoms with Crippen LogP contribution in [-0.2, 0) is 12.8 Å². The first-order chi connectivity index (χ1) is 14.3. The molecule has 4 rings (SSSR count). The van der Waals surface area contributed by atoms with E-state index in [1.54, 1.807) is 6.07 Å². The molecule has 0 amide bonds. The van der Waals surface area contributed by atoms with E-state index in [0.29, 0.717) is 5.56 Å². The molecule has 0 spiro atoms. The fourth-order valence-electron chi connectivity index (χ4n) is 2.92. The molecule has 0 unspecified atom stereocenters. The van der Waals surface area contributed by atoms with Gasteiger partial charge in [-0.3, -0.25) is 0 Å². The van der Waals surface area contributed by atoms with Crippen LogP contribution in [0.1, 0.15) is 30.1 Å². The van der Waals surface area contributed by atoms with Crippen LogP contribution in [-0.4, -0.2) is 26.6 Å². The largest absolute Gasteiger partial charge is 0.490 e. The Balaban J connectivity index is 1.59. The number of rotatable bonds is 6. The molecule has 2 aromatic heterocycles. The molecule has 1 aromatic carbocycles. The Hall–Kier alpha value is -2.88. The van der Waals surface area contributed by atoms with Crippen molar-refractivity contribution in [3.8, 4) is 23.0 Å². The van der Waals surface area contributed by atoms with Gasteiger partial charge >= 0.3 is 6.18 Å². The molecule has 158 valence electrons. The number of halogens is 5. The molecule has 1 fully saturated rings. The molecule has 1 saturated carbocycles. The lowest BCUT2D eigenvalue weighted by Crippen LogP contribution is -2.05. The van der Waals surface area contributed by atoms with Gasteiger partial charge in [-0.05, 0) is 42.1 Å². The second-order valence-corrected chi connectivity index (χ2v) is 7.04. The Labute approximate surface area is 173 Å². The van der Waals surface area contributed by atoms with Gasteiger partial charge in [0, 0.05) is 12.2 Å². The van der Waals surface area contributed by atoms with Crippen LogP contribution in [0.3, 0.4) is 0 Å². The highest BCUT2D eigenvalue weighted by molar-refractivity contribution is 6.28. The molecule has 0 atom stereocenters. The number of hydrogen-bond donors (Lipinski definition) is 0. The zero-order valence-corrected chi connectivity index (χ0v) is 16.3. The summed E-state index contributed by atoms with van der Waals surface area (Å²) in [5.74, 6) is -0.409. The van der Waals surface area contributed by atoms with Crippen LogP contribution in [0.15, 0.2) is 30.6 Å². The first-order valence-electron chi connectivity index (χ1n) is 8.90. The van der Waals surface area contributed by atoms with Crippen LogP contribution in [0, 0.1) is 5.82 Å². The van der Waals surface area contributed by atoms with Crippen LogP contribution in [0.2, 0.25) is 5.28 Å². The van der Waals surface area contributed by atoms with Crippen molar-refractivity contribution in [1.82, 2.24) is 19.5 Å². The number of nitrogens with zero attached hydrogens (tertiary/aromatic N) is 4. The SMILES string of the molecule is COc1cnc(Cl)nc1OCc1ccc(-c2nc(C(F)(F)F)cn2C2CC2)c(F)c1. The van der Waals surface area contributed by atoms with Crippen molar-refractivity contribution in [3.63, 3.8) is 0 Å². The van der Waals surface area contributed by atoms with Crippen molar-refractivity contribution < 1.29 is 27.0 Å². The molecule has 3 aromatic rings. The molecule has 0 radical (unpaired) electrons. The van der Waals surface area contributed by atoms with Crippen molar-refractivity contribution in [2.24, 2.45) is 0 Å². The predicted molar refractivity (Wildman–Crippen MR) is 98.8 cm³/mol. The average molecular weight is 443 g/mol. The average Bonchev–Trinajstić information content (AvgIpc) is 3.44. The van der Waals surface area contributed by atoms with E-state index in [4.69, 9.17) is 21.1 Å². The first kappa shape index (κ1) is 20.4. The van der Waals surface area contributed by atoms with Gasteiger partial charge in [0.05, 0.1) is 18.9 Å². The molecular weight excluding hydrogens is 428 g/mol. The van der Waals surface area contributed by atoms with E-state index >= 15 is 0 Å². The second kappa shape index (κ2) is 7.75. The molecule has 11 heteroatoms. The highest BCUT2D eigenvalue weighted by Gasteiger charge is 2.37. The van der Waals surface area contributed by atoms with Crippen molar-refractivity contribution in [2.75, 3.05) is 7.11 Å². The van der Waals surface area contributed by atoms with E-state index in [2.05, 4.69) is 15.0 Å². The minimum atomic E-state index is -4.60. The molecule has 2 heterocycles. The standard InChI is InChI=1S/C19H15ClF4N4O2/c1-29-14-7-25-18(20)27-17(14)30-9-10-2-5-12(13(21)6-10)16-26-15(19(22,23)24)8-28(16)11-3-4-11/h2,5-8,11H,3-4,9H2,1H3. The lowest BCUT2D eigenvalue weighted by Gasteiger charge is -2.11. The summed E-state index contributed by atoms with van der Waals surface area (Å²) in [5.41, 5.74) is -0.610. The van der Waals surface area contributed by atoms with Gasteiger partial charge in [-0.1, -0.05) is 6.07 Å². The van der Waals surface area contributed by atoms with Gasteiger partial charge < -0.3 is 14.0 Å². The smallest absolute Gasteiger partial charge is 0.434 e. The van der Waals surface area contributed by atoms with Gasteiger partial charge in [-0.15, -0.1) is 0 Å². The number of imidazole rings is 1. The van der Waals surface area contributed by atoms with Crippen molar-refractivity contribution in [3.05, 3.63) is 53.0 Å². The maximum Gasteiger partial charge on any atom is 0.434 e. The Morgan fingerprint density at radius 2 is 2.00 bits per heavy atom. The summed E-state index contributed by atoms with van der Waals surface area (Å²) < 4.78 is 66.0. The van der Waals surface area contributed by atoms with Crippen molar-refractivity contribution >= 4 is 11.6 Å². The number of hydrogen-bond acceptors (Lipinski definition) is 5. The van der Waals surface area contributed by atoms with Crippen LogP contribution >= 0.6 is 11.6 Å². The topological polar surface area (TPSA) is 62.1 Å². The first-order valence-corrected chi connectivity index (χ1v) is 9.28. The van der Waals surface area contributed by atoms with Gasteiger partial charge in [-0.25, -0.2) is 14.4 Å². The lowest BCUT2D eigenvalue weighted by molar-refractivity contribution is -0.140. The number of ether oxygens (including phenoxy) is 2. The third-order valence-electron chi connectivity index (χ3n) is 4.53. The maximum absolute atomic E-state index is 14.8. The summed E-state index contributed by atoms with van der Waals surface area (Å²) in [7, 11) is 1.41. The van der Waals surface area contributed by atoms with Crippen LogP contribution in [0.4, 0.5) is 17.6 Å². The van der Waals surface area contributed by atoms with Crippen LogP contribution in [0.5, 0.6) is 11.6 Å². The summed E-state index contributed by atoms with van der Waals surface area (Å²) in [6, 6.07) is 4.02. The van der Waals surface area contributed by atoms with E-state index in [9.17, 15) is 17.6 Å². The zero-order chi connectivity index (χ0) is 21.5. The second-order valence-electron chi connectivity index (χ2n) is 6.70. The third-order valence-corrected chi connectivity index (χ3v) is 4.71. The highest BCUT2D eigenvalue weighted by atomic mass is 35.5. The Morgan fingerprint density at radius 1 is 1.23 bits per heavy atom. The van der Waals surface area contributed by atoms with E-state index in [1.165, 1.54) is 30.0 Å². The molecule has 0 saturated heterocycles. The predicted octanol–water partition coefficient (Wildman–Crippen LogP) is 5.07. The molecule has 0 N–H and O–H groups in total. The number of alkyl halides is 3. The number of aromatic nitrogens is 4. The van der Waals surface area contributed by atoms with Gasteiger partial charge in [0.2, 0.25) is 5.28 Å². The fraction of sp³-hybridized carbons (Fsp3) is 0.316. The van der Waals surface area contributed by atoms with Gasteiger partial charge in [0.15, 0.2) is 11.4 Å². The molecular formula is C19H15ClF4N4O2. The Bertz CT molecular complexity index is 1080. The van der Waals surface area contributed by atoms with Gasteiger partial charge in [-0.2, -0.15) is 18.2 Å². The van der Waals surface area contributed by atoms with Crippen molar-refractivity contribution in [2.45, 2.75) is 31.7 Å². The third kappa shape index (κ3) is 4.18. The van der Waals surface area contributed by atoms with E-state index in [0.717, 1.165) is 19.0 Å². The summed E-state index contributed by atoms with van der Waals surface area (Å²) >= 11 is 5.74. The summed E-state index contributed by atoms with van der Waals surface area (Å²) in [5, 5.41) is -0.0419. The highest BCUT2D eigenvalue weighted by Crippen LogP contribution is 2.41. The molecule has 0 aliphatic heterocycles. The minimum Gasteiger partial charge on any atom is -0.490 e. The van der Waals surface area contributed by atoms with Crippen LogP contribution in [0.25, 0.3) is 11.4 Å². The fourth-order valence-corrected chi connectivity index (χ4v) is 3.05. The maximum atomic E-state index is 14.8. The molecule has 1 aliphatic carbocycles. The molecule has 1 aliphatic rings. The van der Waals surface area contributed by atoms with Crippen LogP contribution < -0.4 is 9.47 Å². The van der Waals surface area contributed by atoms with E-state index < -0.39 is 17.7 Å². The minimum absolute atomic E-state index is 0.0104. The summed E-state index contributed by atoms with van der Waals surface area (Å²) in [6.45, 7) is -0.0637. The Kier molecular flexibility index (Phi) is 5.27. The monoisotopic (exact) mass is 442 g/mol. The Morgan fingerprint density at radius 3 is 2.63 bits per heavy atom. The van der Waals surface area contributed by atoms with Gasteiger partial charge in [0.1, 0.15) is 18.2 Å². The molecule has 30 heavy (non-hydrogen) atoms. The zero-order valence-electron chi connectivity index (χ0n) is 15.6. The summed E-state index contributed by atoms with van der Waals surface area (Å²) in [6.07, 6.45) is -0.856. The quantitative estimate of drug-likeness (QED) is 0.394.